The van der Waals surface area contributed by atoms with E-state index in [1.165, 1.54) is 22.5 Å². The molecule has 2 rings (SSSR count). The van der Waals surface area contributed by atoms with Gasteiger partial charge in [0.1, 0.15) is 0 Å². The van der Waals surface area contributed by atoms with E-state index in [1.54, 1.807) is 6.42 Å². The SMILES string of the molecule is CC(C)CN(C[C@H](O)[CH]Cc1ccccc1)S(=O)(=O)c1cccc([N+](=O)[O-])c1. The molecule has 2 aromatic rings. The van der Waals surface area contributed by atoms with Crippen molar-refractivity contribution in [3.05, 3.63) is 76.7 Å². The van der Waals surface area contributed by atoms with Crippen LogP contribution in [-0.2, 0) is 16.4 Å². The Morgan fingerprint density at radius 1 is 1.11 bits per heavy atom. The third-order valence-electron chi connectivity index (χ3n) is 4.09. The van der Waals surface area contributed by atoms with Crippen molar-refractivity contribution >= 4 is 15.7 Å². The molecular formula is C20H25N2O5S. The Balaban J connectivity index is 2.17. The summed E-state index contributed by atoms with van der Waals surface area (Å²) in [5.74, 6) is 0.0230. The average molecular weight is 405 g/mol. The third-order valence-corrected chi connectivity index (χ3v) is 5.92. The molecule has 0 aliphatic rings. The van der Waals surface area contributed by atoms with E-state index in [1.807, 2.05) is 44.2 Å². The highest BCUT2D eigenvalue weighted by Gasteiger charge is 2.28. The van der Waals surface area contributed by atoms with E-state index in [0.717, 1.165) is 11.6 Å². The van der Waals surface area contributed by atoms with E-state index in [9.17, 15) is 23.6 Å². The number of aliphatic hydroxyl groups excluding tert-OH is 1. The van der Waals surface area contributed by atoms with E-state index in [4.69, 9.17) is 0 Å². The number of aliphatic hydroxyl groups is 1. The Kier molecular flexibility index (Phi) is 7.68. The molecule has 0 aliphatic heterocycles. The Morgan fingerprint density at radius 3 is 2.39 bits per heavy atom. The summed E-state index contributed by atoms with van der Waals surface area (Å²) in [4.78, 5) is 10.2. The molecule has 0 fully saturated rings. The number of nitro benzene ring substituents is 1. The zero-order valence-corrected chi connectivity index (χ0v) is 16.7. The molecule has 0 saturated heterocycles. The van der Waals surface area contributed by atoms with Crippen LogP contribution in [0.15, 0.2) is 59.5 Å². The van der Waals surface area contributed by atoms with Crippen LogP contribution >= 0.6 is 0 Å². The molecule has 0 aromatic heterocycles. The van der Waals surface area contributed by atoms with Crippen LogP contribution in [-0.4, -0.2) is 41.9 Å². The third kappa shape index (κ3) is 6.12. The minimum Gasteiger partial charge on any atom is -0.391 e. The number of nitro groups is 1. The molecule has 0 bridgehead atoms. The second-order valence-corrected chi connectivity index (χ2v) is 8.90. The van der Waals surface area contributed by atoms with E-state index in [0.29, 0.717) is 6.42 Å². The molecule has 8 heteroatoms. The standard InChI is InChI=1S/C20H25N2O5S/c1-16(2)14-21(15-19(23)12-11-17-7-4-3-5-8-17)28(26,27)20-10-6-9-18(13-20)22(24)25/h3-10,12-13,16,19,23H,11,14-15H2,1-2H3/t19-/m1/s1. The van der Waals surface area contributed by atoms with Crippen molar-refractivity contribution in [1.82, 2.24) is 4.31 Å². The number of nitrogens with zero attached hydrogens (tertiary/aromatic N) is 2. The first-order valence-corrected chi connectivity index (χ1v) is 10.4. The Hall–Kier alpha value is -2.29. The zero-order valence-electron chi connectivity index (χ0n) is 15.9. The van der Waals surface area contributed by atoms with Crippen LogP contribution < -0.4 is 0 Å². The van der Waals surface area contributed by atoms with Gasteiger partial charge in [-0.2, -0.15) is 4.31 Å². The van der Waals surface area contributed by atoms with E-state index in [2.05, 4.69) is 0 Å². The van der Waals surface area contributed by atoms with E-state index >= 15 is 0 Å². The van der Waals surface area contributed by atoms with Crippen LogP contribution in [0.2, 0.25) is 0 Å². The topological polar surface area (TPSA) is 101 Å². The monoisotopic (exact) mass is 405 g/mol. The van der Waals surface area contributed by atoms with Gasteiger partial charge in [-0.25, -0.2) is 8.42 Å². The van der Waals surface area contributed by atoms with Crippen molar-refractivity contribution < 1.29 is 18.4 Å². The highest BCUT2D eigenvalue weighted by molar-refractivity contribution is 7.89. The van der Waals surface area contributed by atoms with Gasteiger partial charge in [0.25, 0.3) is 5.69 Å². The van der Waals surface area contributed by atoms with E-state index in [-0.39, 0.29) is 29.6 Å². The molecular weight excluding hydrogens is 380 g/mol. The lowest BCUT2D eigenvalue weighted by Crippen LogP contribution is -2.40. The fourth-order valence-corrected chi connectivity index (χ4v) is 4.42. The van der Waals surface area contributed by atoms with Crippen molar-refractivity contribution in [2.24, 2.45) is 5.92 Å². The van der Waals surface area contributed by atoms with Gasteiger partial charge in [0, 0.05) is 25.2 Å². The summed E-state index contributed by atoms with van der Waals surface area (Å²) in [5, 5.41) is 21.4. The number of rotatable bonds is 10. The van der Waals surface area contributed by atoms with Gasteiger partial charge in [-0.05, 0) is 30.4 Å². The molecule has 151 valence electrons. The highest BCUT2D eigenvalue weighted by Crippen LogP contribution is 2.22. The maximum Gasteiger partial charge on any atom is 0.270 e. The normalized spacial score (nSPS) is 13.0. The lowest BCUT2D eigenvalue weighted by Gasteiger charge is -2.26. The summed E-state index contributed by atoms with van der Waals surface area (Å²) >= 11 is 0. The lowest BCUT2D eigenvalue weighted by molar-refractivity contribution is -0.385. The summed E-state index contributed by atoms with van der Waals surface area (Å²) in [6, 6.07) is 14.5. The first-order chi connectivity index (χ1) is 13.2. The second-order valence-electron chi connectivity index (χ2n) is 6.96. The van der Waals surface area contributed by atoms with E-state index < -0.39 is 21.1 Å². The summed E-state index contributed by atoms with van der Waals surface area (Å²) in [7, 11) is -3.98. The highest BCUT2D eigenvalue weighted by atomic mass is 32.2. The summed E-state index contributed by atoms with van der Waals surface area (Å²) < 4.78 is 27.2. The largest absolute Gasteiger partial charge is 0.391 e. The minimum atomic E-state index is -3.98. The van der Waals surface area contributed by atoms with Crippen molar-refractivity contribution in [2.75, 3.05) is 13.1 Å². The van der Waals surface area contributed by atoms with Crippen molar-refractivity contribution in [2.45, 2.75) is 31.3 Å². The van der Waals surface area contributed by atoms with Gasteiger partial charge in [-0.15, -0.1) is 0 Å². The molecule has 1 N–H and O–H groups in total. The van der Waals surface area contributed by atoms with Crippen LogP contribution in [0, 0.1) is 22.5 Å². The van der Waals surface area contributed by atoms with Gasteiger partial charge in [-0.3, -0.25) is 10.1 Å². The molecule has 0 unspecified atom stereocenters. The number of non-ortho nitro benzene ring substituents is 1. The minimum absolute atomic E-state index is 0.0230. The molecule has 7 nitrogen and oxygen atoms in total. The first-order valence-electron chi connectivity index (χ1n) is 9.00. The predicted molar refractivity (Wildman–Crippen MR) is 107 cm³/mol. The van der Waals surface area contributed by atoms with Gasteiger partial charge >= 0.3 is 0 Å². The Morgan fingerprint density at radius 2 is 1.79 bits per heavy atom. The van der Waals surface area contributed by atoms with Gasteiger partial charge in [0.15, 0.2) is 0 Å². The van der Waals surface area contributed by atoms with Crippen LogP contribution in [0.1, 0.15) is 19.4 Å². The van der Waals surface area contributed by atoms with Crippen LogP contribution in [0.4, 0.5) is 5.69 Å². The Labute approximate surface area is 165 Å². The molecule has 28 heavy (non-hydrogen) atoms. The van der Waals surface area contributed by atoms with Gasteiger partial charge in [-0.1, -0.05) is 50.2 Å². The number of sulfonamides is 1. The summed E-state index contributed by atoms with van der Waals surface area (Å²) in [6.07, 6.45) is 1.20. The van der Waals surface area contributed by atoms with Crippen molar-refractivity contribution in [3.8, 4) is 0 Å². The molecule has 0 amide bonds. The second kappa shape index (κ2) is 9.77. The lowest BCUT2D eigenvalue weighted by atomic mass is 10.1. The maximum atomic E-state index is 13.0. The summed E-state index contributed by atoms with van der Waals surface area (Å²) in [6.45, 7) is 3.82. The van der Waals surface area contributed by atoms with Crippen molar-refractivity contribution in [3.63, 3.8) is 0 Å². The fraction of sp³-hybridized carbons (Fsp3) is 0.350. The molecule has 0 heterocycles. The fourth-order valence-electron chi connectivity index (χ4n) is 2.75. The first kappa shape index (κ1) is 22.0. The van der Waals surface area contributed by atoms with Crippen LogP contribution in [0.25, 0.3) is 0 Å². The van der Waals surface area contributed by atoms with Gasteiger partial charge < -0.3 is 5.11 Å². The Bertz CT molecular complexity index is 884. The molecule has 0 saturated carbocycles. The molecule has 0 spiro atoms. The maximum absolute atomic E-state index is 13.0. The molecule has 2 aromatic carbocycles. The summed E-state index contributed by atoms with van der Waals surface area (Å²) in [5.41, 5.74) is 0.722. The van der Waals surface area contributed by atoms with Gasteiger partial charge in [0.05, 0.1) is 15.9 Å². The van der Waals surface area contributed by atoms with Crippen LogP contribution in [0.5, 0.6) is 0 Å². The predicted octanol–water partition coefficient (Wildman–Crippen LogP) is 3.05. The van der Waals surface area contributed by atoms with Crippen molar-refractivity contribution in [1.29, 1.82) is 0 Å². The zero-order chi connectivity index (χ0) is 20.7. The number of benzene rings is 2. The number of hydrogen-bond acceptors (Lipinski definition) is 5. The van der Waals surface area contributed by atoms with Gasteiger partial charge in [0.2, 0.25) is 10.0 Å². The van der Waals surface area contributed by atoms with Crippen LogP contribution in [0.3, 0.4) is 0 Å². The quantitative estimate of drug-likeness (QED) is 0.484. The smallest absolute Gasteiger partial charge is 0.270 e. The molecule has 1 radical (unpaired) electrons. The molecule has 0 aliphatic carbocycles. The number of hydrogen-bond donors (Lipinski definition) is 1. The average Bonchev–Trinajstić information content (AvgIpc) is 2.66. The molecule has 1 atom stereocenters.